The van der Waals surface area contributed by atoms with E-state index in [9.17, 15) is 0 Å². The van der Waals surface area contributed by atoms with Gasteiger partial charge in [0.05, 0.1) is 0 Å². The molecule has 0 bridgehead atoms. The van der Waals surface area contributed by atoms with Gasteiger partial charge in [-0.1, -0.05) is 96.2 Å². The van der Waals surface area contributed by atoms with Crippen LogP contribution in [0.1, 0.15) is 16.7 Å². The van der Waals surface area contributed by atoms with E-state index in [-0.39, 0.29) is 0 Å². The molecule has 3 rings (SSSR count). The maximum atomic E-state index is 5.68. The van der Waals surface area contributed by atoms with Crippen LogP contribution in [0.2, 0.25) is 0 Å². The van der Waals surface area contributed by atoms with Gasteiger partial charge in [-0.3, -0.25) is 0 Å². The lowest BCUT2D eigenvalue weighted by atomic mass is 10.00. The Morgan fingerprint density at radius 2 is 1.16 bits per heavy atom. The lowest BCUT2D eigenvalue weighted by Gasteiger charge is -2.10. The van der Waals surface area contributed by atoms with Crippen molar-refractivity contribution in [3.63, 3.8) is 0 Å². The second-order valence-corrected chi connectivity index (χ2v) is 5.41. The first-order valence-corrected chi connectivity index (χ1v) is 8.01. The highest BCUT2D eigenvalue weighted by molar-refractivity contribution is 6.53. The van der Waals surface area contributed by atoms with Crippen molar-refractivity contribution in [2.45, 2.75) is 6.61 Å². The van der Waals surface area contributed by atoms with Crippen LogP contribution in [0.25, 0.3) is 0 Å². The summed E-state index contributed by atoms with van der Waals surface area (Å²) in [5.74, 6) is 5.68. The fourth-order valence-electron chi connectivity index (χ4n) is 2.44. The molecule has 124 valence electrons. The molecule has 25 heavy (non-hydrogen) atoms. The normalized spacial score (nSPS) is 12.0. The number of benzene rings is 3. The molecule has 0 saturated carbocycles. The molecule has 2 N–H and O–H groups in total. The minimum absolute atomic E-state index is 0.379. The first-order chi connectivity index (χ1) is 12.4. The molecule has 0 aliphatic heterocycles. The van der Waals surface area contributed by atoms with E-state index < -0.39 is 0 Å². The topological polar surface area (TPSA) is 60.0 Å². The molecule has 0 unspecified atom stereocenters. The van der Waals surface area contributed by atoms with E-state index in [2.05, 4.69) is 10.3 Å². The largest absolute Gasteiger partial charge is 0.390 e. The molecule has 0 aliphatic carbocycles. The van der Waals surface area contributed by atoms with Crippen LogP contribution in [0.15, 0.2) is 101 Å². The molecular formula is C21H19N3O. The number of nitrogens with two attached hydrogens (primary N) is 1. The summed E-state index contributed by atoms with van der Waals surface area (Å²) >= 11 is 0. The molecule has 3 aromatic carbocycles. The number of oxime groups is 1. The Morgan fingerprint density at radius 3 is 1.68 bits per heavy atom. The van der Waals surface area contributed by atoms with Crippen molar-refractivity contribution in [1.29, 1.82) is 0 Å². The Balaban J connectivity index is 1.91. The van der Waals surface area contributed by atoms with E-state index in [0.29, 0.717) is 18.0 Å². The van der Waals surface area contributed by atoms with E-state index in [1.54, 1.807) is 0 Å². The molecule has 3 aromatic rings. The molecular weight excluding hydrogens is 310 g/mol. The Hall–Kier alpha value is -3.40. The van der Waals surface area contributed by atoms with Gasteiger partial charge in [-0.15, -0.1) is 0 Å². The van der Waals surface area contributed by atoms with Gasteiger partial charge < -0.3 is 10.7 Å². The molecule has 0 heterocycles. The van der Waals surface area contributed by atoms with Gasteiger partial charge in [-0.2, -0.15) is 5.10 Å². The molecule has 0 amide bonds. The minimum Gasteiger partial charge on any atom is -0.390 e. The Morgan fingerprint density at radius 1 is 0.680 bits per heavy atom. The molecule has 0 aliphatic rings. The molecule has 0 radical (unpaired) electrons. The van der Waals surface area contributed by atoms with E-state index in [0.717, 1.165) is 16.7 Å². The van der Waals surface area contributed by atoms with Crippen LogP contribution in [0.5, 0.6) is 0 Å². The molecule has 0 spiro atoms. The first-order valence-electron chi connectivity index (χ1n) is 8.01. The smallest absolute Gasteiger partial charge is 0.142 e. The van der Waals surface area contributed by atoms with Gasteiger partial charge in [-0.05, 0) is 5.56 Å². The van der Waals surface area contributed by atoms with E-state index >= 15 is 0 Å². The number of hydrogen-bond acceptors (Lipinski definition) is 4. The van der Waals surface area contributed by atoms with Crippen LogP contribution in [-0.4, -0.2) is 11.4 Å². The SMILES string of the molecule is NN=C(C(=NOCc1ccccc1)c1ccccc1)c1ccccc1. The molecule has 0 atom stereocenters. The summed E-state index contributed by atoms with van der Waals surface area (Å²) in [4.78, 5) is 5.59. The van der Waals surface area contributed by atoms with Crippen LogP contribution < -0.4 is 5.84 Å². The fourth-order valence-corrected chi connectivity index (χ4v) is 2.44. The van der Waals surface area contributed by atoms with Gasteiger partial charge in [0.1, 0.15) is 18.0 Å². The fraction of sp³-hybridized carbons (Fsp3) is 0.0476. The lowest BCUT2D eigenvalue weighted by Crippen LogP contribution is -2.19. The van der Waals surface area contributed by atoms with Gasteiger partial charge in [0.2, 0.25) is 0 Å². The summed E-state index contributed by atoms with van der Waals surface area (Å²) in [6, 6.07) is 29.4. The van der Waals surface area contributed by atoms with Crippen LogP contribution in [0.4, 0.5) is 0 Å². The van der Waals surface area contributed by atoms with Gasteiger partial charge in [0.15, 0.2) is 0 Å². The molecule has 4 nitrogen and oxygen atoms in total. The van der Waals surface area contributed by atoms with E-state index in [1.807, 2.05) is 91.0 Å². The van der Waals surface area contributed by atoms with E-state index in [4.69, 9.17) is 10.7 Å². The van der Waals surface area contributed by atoms with Gasteiger partial charge >= 0.3 is 0 Å². The van der Waals surface area contributed by atoms with Crippen molar-refractivity contribution in [2.75, 3.05) is 0 Å². The predicted molar refractivity (Wildman–Crippen MR) is 101 cm³/mol. The van der Waals surface area contributed by atoms with Crippen molar-refractivity contribution in [2.24, 2.45) is 16.1 Å². The average molecular weight is 329 g/mol. The zero-order valence-electron chi connectivity index (χ0n) is 13.7. The van der Waals surface area contributed by atoms with Crippen molar-refractivity contribution >= 4 is 11.4 Å². The minimum atomic E-state index is 0.379. The third-order valence-electron chi connectivity index (χ3n) is 3.68. The van der Waals surface area contributed by atoms with Crippen LogP contribution >= 0.6 is 0 Å². The number of hydrazone groups is 1. The molecule has 0 fully saturated rings. The first kappa shape index (κ1) is 16.5. The zero-order valence-corrected chi connectivity index (χ0v) is 13.7. The second-order valence-electron chi connectivity index (χ2n) is 5.41. The van der Waals surface area contributed by atoms with Crippen LogP contribution in [0.3, 0.4) is 0 Å². The van der Waals surface area contributed by atoms with Crippen molar-refractivity contribution in [3.05, 3.63) is 108 Å². The van der Waals surface area contributed by atoms with E-state index in [1.165, 1.54) is 0 Å². The predicted octanol–water partition coefficient (Wildman–Crippen LogP) is 3.97. The van der Waals surface area contributed by atoms with Crippen molar-refractivity contribution in [1.82, 2.24) is 0 Å². The standard InChI is InChI=1S/C21H19N3O/c22-23-20(18-12-6-2-7-13-18)21(19-14-8-3-9-15-19)24-25-16-17-10-4-1-5-11-17/h1-15H,16,22H2. The highest BCUT2D eigenvalue weighted by atomic mass is 16.6. The number of hydrogen-bond donors (Lipinski definition) is 1. The second kappa shape index (κ2) is 8.45. The summed E-state index contributed by atoms with van der Waals surface area (Å²) in [6.07, 6.45) is 0. The lowest BCUT2D eigenvalue weighted by molar-refractivity contribution is 0.131. The third-order valence-corrected chi connectivity index (χ3v) is 3.68. The summed E-state index contributed by atoms with van der Waals surface area (Å²) in [6.45, 7) is 0.379. The monoisotopic (exact) mass is 329 g/mol. The van der Waals surface area contributed by atoms with Crippen molar-refractivity contribution < 1.29 is 4.84 Å². The Kier molecular flexibility index (Phi) is 5.56. The maximum absolute atomic E-state index is 5.68. The Bertz CT molecular complexity index is 844. The quantitative estimate of drug-likeness (QED) is 0.422. The average Bonchev–Trinajstić information content (AvgIpc) is 2.70. The molecule has 0 aromatic heterocycles. The molecule has 4 heteroatoms. The summed E-state index contributed by atoms with van der Waals surface area (Å²) in [5.41, 5.74) is 4.01. The third kappa shape index (κ3) is 4.32. The number of rotatable bonds is 6. The summed E-state index contributed by atoms with van der Waals surface area (Å²) in [5, 5.41) is 8.31. The highest BCUT2D eigenvalue weighted by Gasteiger charge is 2.15. The number of nitrogens with zero attached hydrogens (tertiary/aromatic N) is 2. The Labute approximate surface area is 147 Å². The highest BCUT2D eigenvalue weighted by Crippen LogP contribution is 2.11. The van der Waals surface area contributed by atoms with Crippen LogP contribution in [0, 0.1) is 0 Å². The summed E-state index contributed by atoms with van der Waals surface area (Å²) < 4.78 is 0. The zero-order chi connectivity index (χ0) is 17.3. The summed E-state index contributed by atoms with van der Waals surface area (Å²) in [7, 11) is 0. The molecule has 0 saturated heterocycles. The van der Waals surface area contributed by atoms with Gasteiger partial charge in [0, 0.05) is 11.1 Å². The van der Waals surface area contributed by atoms with Gasteiger partial charge in [0.25, 0.3) is 0 Å². The van der Waals surface area contributed by atoms with Crippen LogP contribution in [-0.2, 0) is 11.4 Å². The van der Waals surface area contributed by atoms with Gasteiger partial charge in [-0.25, -0.2) is 0 Å². The maximum Gasteiger partial charge on any atom is 0.142 e. The van der Waals surface area contributed by atoms with Crippen molar-refractivity contribution in [3.8, 4) is 0 Å².